The van der Waals surface area contributed by atoms with Crippen LogP contribution in [-0.2, 0) is 21.4 Å². The van der Waals surface area contributed by atoms with Crippen LogP contribution in [-0.4, -0.2) is 28.0 Å². The van der Waals surface area contributed by atoms with E-state index < -0.39 is 22.5 Å². The summed E-state index contributed by atoms with van der Waals surface area (Å²) < 4.78 is 33.3. The van der Waals surface area contributed by atoms with Crippen molar-refractivity contribution in [2.75, 3.05) is 18.0 Å². The average Bonchev–Trinajstić information content (AvgIpc) is 2.78. The van der Waals surface area contributed by atoms with Gasteiger partial charge in [-0.2, -0.15) is 0 Å². The fourth-order valence-corrected chi connectivity index (χ4v) is 5.08. The van der Waals surface area contributed by atoms with Gasteiger partial charge in [0.25, 0.3) is 10.0 Å². The summed E-state index contributed by atoms with van der Waals surface area (Å²) in [5.74, 6) is -0.198. The average molecular weight is 479 g/mol. The molecule has 3 aromatic carbocycles. The van der Waals surface area contributed by atoms with Crippen LogP contribution in [0.25, 0.3) is 0 Å². The molecule has 9 heteroatoms. The monoisotopic (exact) mass is 478 g/mol. The highest BCUT2D eigenvalue weighted by molar-refractivity contribution is 7.93. The van der Waals surface area contributed by atoms with Gasteiger partial charge in [0, 0.05) is 11.6 Å². The molecule has 0 aliphatic rings. The Balaban J connectivity index is 1.97. The lowest BCUT2D eigenvalue weighted by Gasteiger charge is -2.26. The lowest BCUT2D eigenvalue weighted by Crippen LogP contribution is -2.41. The summed E-state index contributed by atoms with van der Waals surface area (Å²) in [6.07, 6.45) is 0. The van der Waals surface area contributed by atoms with Gasteiger partial charge in [0.05, 0.1) is 17.8 Å². The molecule has 0 fully saturated rings. The van der Waals surface area contributed by atoms with E-state index in [9.17, 15) is 13.2 Å². The minimum Gasteiger partial charge on any atom is -0.495 e. The third-order valence-corrected chi connectivity index (χ3v) is 6.91. The largest absolute Gasteiger partial charge is 0.495 e. The highest BCUT2D eigenvalue weighted by Gasteiger charge is 2.31. The van der Waals surface area contributed by atoms with Crippen molar-refractivity contribution >= 4 is 44.8 Å². The molecule has 0 aliphatic heterocycles. The standard InChI is InChI=1S/C22H20Cl2N2O4S/c1-30-20-10-6-5-9-19(20)26(15-22(27)25-14-16-7-3-2-4-8-16)31(28,29)21-13-17(23)11-12-18(21)24/h2-13H,14-15H2,1H3,(H,25,27). The zero-order chi connectivity index (χ0) is 22.4. The third kappa shape index (κ3) is 5.50. The molecule has 0 unspecified atom stereocenters. The number of rotatable bonds is 8. The van der Waals surface area contributed by atoms with Gasteiger partial charge in [-0.15, -0.1) is 0 Å². The van der Waals surface area contributed by atoms with Crippen molar-refractivity contribution in [1.29, 1.82) is 0 Å². The highest BCUT2D eigenvalue weighted by atomic mass is 35.5. The van der Waals surface area contributed by atoms with Crippen molar-refractivity contribution in [3.63, 3.8) is 0 Å². The first-order valence-electron chi connectivity index (χ1n) is 9.24. The third-order valence-electron chi connectivity index (χ3n) is 4.43. The number of para-hydroxylation sites is 2. The van der Waals surface area contributed by atoms with Gasteiger partial charge in [0.2, 0.25) is 5.91 Å². The number of sulfonamides is 1. The first kappa shape index (κ1) is 22.9. The second-order valence-electron chi connectivity index (χ2n) is 6.52. The molecule has 0 aliphatic carbocycles. The molecule has 162 valence electrons. The van der Waals surface area contributed by atoms with Gasteiger partial charge in [-0.3, -0.25) is 9.10 Å². The molecule has 0 heterocycles. The Morgan fingerprint density at radius 2 is 1.68 bits per heavy atom. The number of ether oxygens (including phenoxy) is 1. The van der Waals surface area contributed by atoms with Gasteiger partial charge in [-0.1, -0.05) is 65.7 Å². The van der Waals surface area contributed by atoms with E-state index >= 15 is 0 Å². The molecule has 0 bridgehead atoms. The maximum Gasteiger partial charge on any atom is 0.266 e. The normalized spacial score (nSPS) is 11.1. The molecule has 0 spiro atoms. The Kier molecular flexibility index (Phi) is 7.43. The fourth-order valence-electron chi connectivity index (χ4n) is 2.91. The Labute approximate surface area is 191 Å². The first-order chi connectivity index (χ1) is 14.8. The maximum absolute atomic E-state index is 13.5. The van der Waals surface area contributed by atoms with Crippen LogP contribution in [0.2, 0.25) is 10.0 Å². The maximum atomic E-state index is 13.5. The van der Waals surface area contributed by atoms with Crippen molar-refractivity contribution in [1.82, 2.24) is 5.32 Å². The number of methoxy groups -OCH3 is 1. The number of halogens is 2. The predicted octanol–water partition coefficient (Wildman–Crippen LogP) is 4.51. The van der Waals surface area contributed by atoms with Crippen LogP contribution in [0.5, 0.6) is 5.75 Å². The Morgan fingerprint density at radius 3 is 2.39 bits per heavy atom. The molecule has 31 heavy (non-hydrogen) atoms. The Hall–Kier alpha value is -2.74. The second-order valence-corrected chi connectivity index (χ2v) is 9.19. The minimum absolute atomic E-state index is 0.00556. The lowest BCUT2D eigenvalue weighted by atomic mass is 10.2. The van der Waals surface area contributed by atoms with Crippen LogP contribution in [0.3, 0.4) is 0 Å². The molecule has 1 amide bonds. The van der Waals surface area contributed by atoms with Crippen molar-refractivity contribution < 1.29 is 17.9 Å². The number of amides is 1. The fraction of sp³-hybridized carbons (Fsp3) is 0.136. The number of nitrogens with one attached hydrogen (secondary N) is 1. The molecule has 0 aromatic heterocycles. The van der Waals surface area contributed by atoms with E-state index in [0.29, 0.717) is 5.75 Å². The number of hydrogen-bond acceptors (Lipinski definition) is 4. The van der Waals surface area contributed by atoms with E-state index in [1.165, 1.54) is 25.3 Å². The quantitative estimate of drug-likeness (QED) is 0.516. The Bertz CT molecular complexity index is 1170. The number of carbonyl (C=O) groups excluding carboxylic acids is 1. The van der Waals surface area contributed by atoms with E-state index in [1.54, 1.807) is 24.3 Å². The van der Waals surface area contributed by atoms with Crippen LogP contribution in [0.15, 0.2) is 77.7 Å². The predicted molar refractivity (Wildman–Crippen MR) is 122 cm³/mol. The zero-order valence-corrected chi connectivity index (χ0v) is 18.9. The molecule has 6 nitrogen and oxygen atoms in total. The van der Waals surface area contributed by atoms with E-state index in [0.717, 1.165) is 9.87 Å². The topological polar surface area (TPSA) is 75.7 Å². The number of carbonyl (C=O) groups is 1. The molecule has 3 aromatic rings. The zero-order valence-electron chi connectivity index (χ0n) is 16.6. The van der Waals surface area contributed by atoms with Crippen LogP contribution in [0.4, 0.5) is 5.69 Å². The van der Waals surface area contributed by atoms with Crippen LogP contribution < -0.4 is 14.4 Å². The van der Waals surface area contributed by atoms with Gasteiger partial charge in [-0.25, -0.2) is 8.42 Å². The minimum atomic E-state index is -4.24. The van der Waals surface area contributed by atoms with Gasteiger partial charge in [0.15, 0.2) is 0 Å². The van der Waals surface area contributed by atoms with E-state index in [-0.39, 0.29) is 27.2 Å². The summed E-state index contributed by atoms with van der Waals surface area (Å²) in [4.78, 5) is 12.5. The first-order valence-corrected chi connectivity index (χ1v) is 11.4. The SMILES string of the molecule is COc1ccccc1N(CC(=O)NCc1ccccc1)S(=O)(=O)c1cc(Cl)ccc1Cl. The number of benzene rings is 3. The van der Waals surface area contributed by atoms with Crippen LogP contribution in [0.1, 0.15) is 5.56 Å². The van der Waals surface area contributed by atoms with Gasteiger partial charge in [0.1, 0.15) is 17.2 Å². The van der Waals surface area contributed by atoms with E-state index in [1.807, 2.05) is 30.3 Å². The Morgan fingerprint density at radius 1 is 1.00 bits per heavy atom. The van der Waals surface area contributed by atoms with Gasteiger partial charge < -0.3 is 10.1 Å². The molecule has 1 N–H and O–H groups in total. The lowest BCUT2D eigenvalue weighted by molar-refractivity contribution is -0.119. The number of hydrogen-bond donors (Lipinski definition) is 1. The van der Waals surface area contributed by atoms with Crippen LogP contribution >= 0.6 is 23.2 Å². The summed E-state index contributed by atoms with van der Waals surface area (Å²) in [5, 5.41) is 2.94. The van der Waals surface area contributed by atoms with E-state index in [2.05, 4.69) is 5.32 Å². The van der Waals surface area contributed by atoms with Crippen molar-refractivity contribution in [2.45, 2.75) is 11.4 Å². The van der Waals surface area contributed by atoms with Crippen molar-refractivity contribution in [3.05, 3.63) is 88.4 Å². The smallest absolute Gasteiger partial charge is 0.266 e. The van der Waals surface area contributed by atoms with Crippen molar-refractivity contribution in [3.8, 4) is 5.75 Å². The summed E-state index contributed by atoms with van der Waals surface area (Å²) in [7, 11) is -2.82. The van der Waals surface area contributed by atoms with Gasteiger partial charge >= 0.3 is 0 Å². The molecule has 0 saturated heterocycles. The number of anilines is 1. The molecule has 3 rings (SSSR count). The second kappa shape index (κ2) is 10.0. The van der Waals surface area contributed by atoms with Crippen molar-refractivity contribution in [2.24, 2.45) is 0 Å². The molecule has 0 radical (unpaired) electrons. The summed E-state index contributed by atoms with van der Waals surface area (Å²) >= 11 is 12.2. The van der Waals surface area contributed by atoms with Crippen LogP contribution in [0, 0.1) is 0 Å². The number of nitrogens with zero attached hydrogens (tertiary/aromatic N) is 1. The highest BCUT2D eigenvalue weighted by Crippen LogP contribution is 2.35. The molecule has 0 saturated carbocycles. The summed E-state index contributed by atoms with van der Waals surface area (Å²) in [5.41, 5.74) is 1.09. The molecular formula is C22H20Cl2N2O4S. The molecule has 0 atom stereocenters. The molecular weight excluding hydrogens is 459 g/mol. The van der Waals surface area contributed by atoms with E-state index in [4.69, 9.17) is 27.9 Å². The van der Waals surface area contributed by atoms with Gasteiger partial charge in [-0.05, 0) is 35.9 Å². The summed E-state index contributed by atoms with van der Waals surface area (Å²) in [6.45, 7) is -0.213. The summed E-state index contributed by atoms with van der Waals surface area (Å²) in [6, 6.07) is 20.0.